The smallest absolute Gasteiger partial charge is 0.236 e. The van der Waals surface area contributed by atoms with E-state index < -0.39 is 0 Å². The quantitative estimate of drug-likeness (QED) is 0.811. The average molecular weight is 380 g/mol. The number of amides is 1. The highest BCUT2D eigenvalue weighted by Crippen LogP contribution is 2.18. The van der Waals surface area contributed by atoms with E-state index in [1.54, 1.807) is 0 Å². The molecule has 148 valence electrons. The number of aryl methyl sites for hydroxylation is 1. The summed E-state index contributed by atoms with van der Waals surface area (Å²) >= 11 is 0. The standard InChI is InChI=1S/C22H29N5O/c1-19-5-4-6-20(17-19)25-11-9-24(10-12-25)18-22(28)27-15-13-26(14-16-27)21-7-2-3-8-23-21/h2-8,17H,9-16,18H2,1H3. The molecule has 3 heterocycles. The molecule has 0 atom stereocenters. The lowest BCUT2D eigenvalue weighted by Crippen LogP contribution is -2.54. The topological polar surface area (TPSA) is 42.9 Å². The van der Waals surface area contributed by atoms with Gasteiger partial charge in [-0.3, -0.25) is 9.69 Å². The van der Waals surface area contributed by atoms with Crippen LogP contribution >= 0.6 is 0 Å². The van der Waals surface area contributed by atoms with E-state index in [-0.39, 0.29) is 5.91 Å². The van der Waals surface area contributed by atoms with Crippen molar-refractivity contribution in [2.24, 2.45) is 0 Å². The Morgan fingerprint density at radius 2 is 1.64 bits per heavy atom. The molecule has 28 heavy (non-hydrogen) atoms. The number of aromatic nitrogens is 1. The second-order valence-corrected chi connectivity index (χ2v) is 7.66. The maximum atomic E-state index is 12.7. The molecule has 2 saturated heterocycles. The monoisotopic (exact) mass is 379 g/mol. The van der Waals surface area contributed by atoms with Crippen molar-refractivity contribution in [2.45, 2.75) is 6.92 Å². The van der Waals surface area contributed by atoms with E-state index in [9.17, 15) is 4.79 Å². The van der Waals surface area contributed by atoms with Crippen LogP contribution in [-0.2, 0) is 4.79 Å². The molecule has 1 amide bonds. The molecule has 1 aromatic carbocycles. The number of anilines is 2. The van der Waals surface area contributed by atoms with Crippen molar-refractivity contribution >= 4 is 17.4 Å². The summed E-state index contributed by atoms with van der Waals surface area (Å²) in [5.41, 5.74) is 2.58. The second-order valence-electron chi connectivity index (χ2n) is 7.66. The summed E-state index contributed by atoms with van der Waals surface area (Å²) in [5.74, 6) is 1.26. The van der Waals surface area contributed by atoms with Crippen molar-refractivity contribution in [2.75, 3.05) is 68.7 Å². The normalized spacial score (nSPS) is 18.4. The fraction of sp³-hybridized carbons (Fsp3) is 0.455. The van der Waals surface area contributed by atoms with Gasteiger partial charge in [0.05, 0.1) is 6.54 Å². The molecule has 0 bridgehead atoms. The predicted octanol–water partition coefficient (Wildman–Crippen LogP) is 1.86. The van der Waals surface area contributed by atoms with Crippen LogP contribution in [0.2, 0.25) is 0 Å². The molecule has 2 aromatic rings. The molecule has 0 aliphatic carbocycles. The summed E-state index contributed by atoms with van der Waals surface area (Å²) in [4.78, 5) is 26.1. The predicted molar refractivity (Wildman–Crippen MR) is 113 cm³/mol. The number of hydrogen-bond acceptors (Lipinski definition) is 5. The van der Waals surface area contributed by atoms with Crippen molar-refractivity contribution in [3.8, 4) is 0 Å². The van der Waals surface area contributed by atoms with Gasteiger partial charge in [0.1, 0.15) is 5.82 Å². The number of rotatable bonds is 4. The van der Waals surface area contributed by atoms with Crippen LogP contribution in [0.4, 0.5) is 11.5 Å². The summed E-state index contributed by atoms with van der Waals surface area (Å²) in [7, 11) is 0. The first-order valence-corrected chi connectivity index (χ1v) is 10.2. The average Bonchev–Trinajstić information content (AvgIpc) is 2.75. The minimum atomic E-state index is 0.254. The largest absolute Gasteiger partial charge is 0.369 e. The SMILES string of the molecule is Cc1cccc(N2CCN(CC(=O)N3CCN(c4ccccn4)CC3)CC2)c1. The number of carbonyl (C=O) groups is 1. The third-order valence-corrected chi connectivity index (χ3v) is 5.70. The molecule has 1 aromatic heterocycles. The maximum Gasteiger partial charge on any atom is 0.236 e. The Kier molecular flexibility index (Phi) is 5.76. The van der Waals surface area contributed by atoms with Gasteiger partial charge in [-0.15, -0.1) is 0 Å². The Morgan fingerprint density at radius 3 is 2.32 bits per heavy atom. The van der Waals surface area contributed by atoms with Crippen molar-refractivity contribution in [3.05, 3.63) is 54.2 Å². The Morgan fingerprint density at radius 1 is 0.893 bits per heavy atom. The molecule has 0 spiro atoms. The summed E-state index contributed by atoms with van der Waals surface area (Å²) in [6.45, 7) is 9.75. The van der Waals surface area contributed by atoms with E-state index in [1.165, 1.54) is 11.3 Å². The van der Waals surface area contributed by atoms with Crippen LogP contribution < -0.4 is 9.80 Å². The Labute approximate surface area is 167 Å². The number of pyridine rings is 1. The van der Waals surface area contributed by atoms with Gasteiger partial charge in [0, 0.05) is 64.2 Å². The summed E-state index contributed by atoms with van der Waals surface area (Å²) in [6, 6.07) is 14.6. The molecular formula is C22H29N5O. The van der Waals surface area contributed by atoms with Gasteiger partial charge in [-0.1, -0.05) is 18.2 Å². The number of nitrogens with zero attached hydrogens (tertiary/aromatic N) is 5. The lowest BCUT2D eigenvalue weighted by molar-refractivity contribution is -0.132. The lowest BCUT2D eigenvalue weighted by Gasteiger charge is -2.39. The zero-order chi connectivity index (χ0) is 19.3. The van der Waals surface area contributed by atoms with E-state index in [4.69, 9.17) is 0 Å². The molecule has 6 nitrogen and oxygen atoms in total. The van der Waals surface area contributed by atoms with Crippen molar-refractivity contribution in [3.63, 3.8) is 0 Å². The minimum absolute atomic E-state index is 0.254. The summed E-state index contributed by atoms with van der Waals surface area (Å²) in [6.07, 6.45) is 1.82. The van der Waals surface area contributed by atoms with Crippen molar-refractivity contribution < 1.29 is 4.79 Å². The maximum absolute atomic E-state index is 12.7. The first-order chi connectivity index (χ1) is 13.7. The van der Waals surface area contributed by atoms with E-state index in [2.05, 4.69) is 50.9 Å². The molecular weight excluding hydrogens is 350 g/mol. The number of piperazine rings is 2. The number of carbonyl (C=O) groups excluding carboxylic acids is 1. The molecule has 2 fully saturated rings. The van der Waals surface area contributed by atoms with E-state index in [0.29, 0.717) is 6.54 Å². The summed E-state index contributed by atoms with van der Waals surface area (Å²) < 4.78 is 0. The Bertz CT molecular complexity index is 781. The van der Waals surface area contributed by atoms with E-state index in [1.807, 2.05) is 29.3 Å². The zero-order valence-corrected chi connectivity index (χ0v) is 16.6. The molecule has 0 radical (unpaired) electrons. The minimum Gasteiger partial charge on any atom is -0.369 e. The first-order valence-electron chi connectivity index (χ1n) is 10.2. The first kappa shape index (κ1) is 18.7. The third kappa shape index (κ3) is 4.44. The van der Waals surface area contributed by atoms with Gasteiger partial charge in [-0.2, -0.15) is 0 Å². The summed E-state index contributed by atoms with van der Waals surface area (Å²) in [5, 5.41) is 0. The fourth-order valence-corrected chi connectivity index (χ4v) is 4.01. The van der Waals surface area contributed by atoms with E-state index >= 15 is 0 Å². The zero-order valence-electron chi connectivity index (χ0n) is 16.6. The van der Waals surface area contributed by atoms with Gasteiger partial charge in [0.2, 0.25) is 5.91 Å². The van der Waals surface area contributed by atoms with Crippen molar-refractivity contribution in [1.82, 2.24) is 14.8 Å². The van der Waals surface area contributed by atoms with Gasteiger partial charge in [0.25, 0.3) is 0 Å². The highest BCUT2D eigenvalue weighted by atomic mass is 16.2. The molecule has 6 heteroatoms. The van der Waals surface area contributed by atoms with Crippen LogP contribution in [0.1, 0.15) is 5.56 Å². The highest BCUT2D eigenvalue weighted by molar-refractivity contribution is 5.78. The third-order valence-electron chi connectivity index (χ3n) is 5.70. The van der Waals surface area contributed by atoms with Crippen LogP contribution in [0.15, 0.2) is 48.7 Å². The lowest BCUT2D eigenvalue weighted by atomic mass is 10.2. The molecule has 2 aliphatic rings. The molecule has 0 unspecified atom stereocenters. The van der Waals surface area contributed by atoms with Crippen LogP contribution in [0, 0.1) is 6.92 Å². The second kappa shape index (κ2) is 8.61. The molecule has 0 N–H and O–H groups in total. The van der Waals surface area contributed by atoms with Crippen LogP contribution in [0.25, 0.3) is 0 Å². The van der Waals surface area contributed by atoms with Gasteiger partial charge in [-0.25, -0.2) is 4.98 Å². The van der Waals surface area contributed by atoms with Gasteiger partial charge < -0.3 is 14.7 Å². The van der Waals surface area contributed by atoms with Crippen LogP contribution in [0.3, 0.4) is 0 Å². The van der Waals surface area contributed by atoms with Gasteiger partial charge in [0.15, 0.2) is 0 Å². The highest BCUT2D eigenvalue weighted by Gasteiger charge is 2.25. The number of hydrogen-bond donors (Lipinski definition) is 0. The van der Waals surface area contributed by atoms with E-state index in [0.717, 1.165) is 58.2 Å². The van der Waals surface area contributed by atoms with Gasteiger partial charge >= 0.3 is 0 Å². The fourth-order valence-electron chi connectivity index (χ4n) is 4.01. The Balaban J connectivity index is 1.23. The number of benzene rings is 1. The molecule has 2 aliphatic heterocycles. The molecule has 0 saturated carbocycles. The van der Waals surface area contributed by atoms with Crippen molar-refractivity contribution in [1.29, 1.82) is 0 Å². The Hall–Kier alpha value is -2.60. The van der Waals surface area contributed by atoms with Crippen LogP contribution in [0.5, 0.6) is 0 Å². The molecule has 4 rings (SSSR count). The van der Waals surface area contributed by atoms with Crippen LogP contribution in [-0.4, -0.2) is 79.6 Å². The van der Waals surface area contributed by atoms with Gasteiger partial charge in [-0.05, 0) is 36.8 Å².